The third kappa shape index (κ3) is 8.69. The minimum atomic E-state index is -4.48. The smallest absolute Gasteiger partial charge is 0.416 e. The van der Waals surface area contributed by atoms with Crippen LogP contribution in [0.4, 0.5) is 26.3 Å². The molecule has 3 nitrogen and oxygen atoms in total. The molecule has 1 aromatic carbocycles. The minimum Gasteiger partial charge on any atom is -0.481 e. The molecule has 1 saturated carbocycles. The molecular formula is C26H35F6NO2. The molecule has 0 aromatic heterocycles. The summed E-state index contributed by atoms with van der Waals surface area (Å²) < 4.78 is 78.7. The molecule has 1 heterocycles. The number of halogens is 6. The number of carboxylic acid groups (broad SMARTS) is 1. The number of hydrogen-bond donors (Lipinski definition) is 1. The van der Waals surface area contributed by atoms with Crippen LogP contribution in [0.15, 0.2) is 24.3 Å². The summed E-state index contributed by atoms with van der Waals surface area (Å²) in [7, 11) is 0. The Balaban J connectivity index is 1.83. The molecule has 0 spiro atoms. The average molecular weight is 508 g/mol. The van der Waals surface area contributed by atoms with Gasteiger partial charge in [0.1, 0.15) is 0 Å². The first kappa shape index (κ1) is 27.8. The third-order valence-corrected chi connectivity index (χ3v) is 7.70. The molecule has 1 aliphatic heterocycles. The van der Waals surface area contributed by atoms with E-state index in [0.717, 1.165) is 44.2 Å². The number of alkyl halides is 6. The second kappa shape index (κ2) is 12.0. The standard InChI is InChI=1S/C26H35F6NO2/c27-25(28,29)14-12-22(11-6-18-4-2-1-3-5-18)33-15-13-19(17-24(34)35)16-23(33)20-7-9-21(10-8-20)26(30,31)32/h7-10,18-19,22-23H,1-6,11-17H2,(H,34,35)/t19?,22-,23+/m1/s1. The number of piperidine rings is 1. The van der Waals surface area contributed by atoms with Gasteiger partial charge in [0.15, 0.2) is 0 Å². The van der Waals surface area contributed by atoms with Crippen molar-refractivity contribution in [1.29, 1.82) is 0 Å². The fraction of sp³-hybridized carbons (Fsp3) is 0.731. The highest BCUT2D eigenvalue weighted by molar-refractivity contribution is 5.67. The second-order valence-electron chi connectivity index (χ2n) is 10.3. The van der Waals surface area contributed by atoms with E-state index in [1.807, 2.05) is 4.90 Å². The van der Waals surface area contributed by atoms with Crippen molar-refractivity contribution in [2.75, 3.05) is 6.54 Å². The summed E-state index contributed by atoms with van der Waals surface area (Å²) in [4.78, 5) is 13.3. The first-order chi connectivity index (χ1) is 16.4. The van der Waals surface area contributed by atoms with E-state index >= 15 is 0 Å². The molecule has 0 amide bonds. The van der Waals surface area contributed by atoms with Gasteiger partial charge in [0.05, 0.1) is 5.56 Å². The van der Waals surface area contributed by atoms with Crippen molar-refractivity contribution in [1.82, 2.24) is 4.90 Å². The molecule has 1 aromatic rings. The Hall–Kier alpha value is -1.77. The number of rotatable bonds is 9. The first-order valence-electron chi connectivity index (χ1n) is 12.6. The van der Waals surface area contributed by atoms with Crippen molar-refractivity contribution in [3.63, 3.8) is 0 Å². The summed E-state index contributed by atoms with van der Waals surface area (Å²) >= 11 is 0. The van der Waals surface area contributed by atoms with Crippen LogP contribution in [0.3, 0.4) is 0 Å². The molecule has 3 rings (SSSR count). The number of hydrogen-bond acceptors (Lipinski definition) is 2. The van der Waals surface area contributed by atoms with Gasteiger partial charge < -0.3 is 5.11 Å². The van der Waals surface area contributed by atoms with Gasteiger partial charge in [-0.2, -0.15) is 26.3 Å². The van der Waals surface area contributed by atoms with Gasteiger partial charge in [-0.1, -0.05) is 44.2 Å². The van der Waals surface area contributed by atoms with E-state index in [-0.39, 0.29) is 24.8 Å². The fourth-order valence-electron chi connectivity index (χ4n) is 5.86. The van der Waals surface area contributed by atoms with Crippen molar-refractivity contribution in [2.45, 2.75) is 101 Å². The predicted molar refractivity (Wildman–Crippen MR) is 121 cm³/mol. The van der Waals surface area contributed by atoms with Gasteiger partial charge in [0.2, 0.25) is 0 Å². The zero-order valence-corrected chi connectivity index (χ0v) is 19.9. The molecule has 0 bridgehead atoms. The molecule has 1 unspecified atom stereocenters. The highest BCUT2D eigenvalue weighted by atomic mass is 19.4. The summed E-state index contributed by atoms with van der Waals surface area (Å²) in [5.74, 6) is -0.607. The topological polar surface area (TPSA) is 40.5 Å². The number of carbonyl (C=O) groups is 1. The van der Waals surface area contributed by atoms with Gasteiger partial charge in [-0.05, 0) is 68.2 Å². The van der Waals surface area contributed by atoms with Crippen LogP contribution in [0.25, 0.3) is 0 Å². The largest absolute Gasteiger partial charge is 0.481 e. The van der Waals surface area contributed by atoms with Gasteiger partial charge in [-0.25, -0.2) is 0 Å². The van der Waals surface area contributed by atoms with Crippen molar-refractivity contribution >= 4 is 5.97 Å². The Labute approximate surface area is 202 Å². The second-order valence-corrected chi connectivity index (χ2v) is 10.3. The Morgan fingerprint density at radius 3 is 2.17 bits per heavy atom. The molecule has 0 radical (unpaired) electrons. The van der Waals surface area contributed by atoms with Gasteiger partial charge >= 0.3 is 18.3 Å². The molecular weight excluding hydrogens is 472 g/mol. The summed E-state index contributed by atoms with van der Waals surface area (Å²) in [5.41, 5.74) is -0.181. The van der Waals surface area contributed by atoms with Gasteiger partial charge in [-0.3, -0.25) is 9.69 Å². The lowest BCUT2D eigenvalue weighted by atomic mass is 9.81. The van der Waals surface area contributed by atoms with Crippen LogP contribution in [0, 0.1) is 11.8 Å². The molecule has 1 aliphatic carbocycles. The van der Waals surface area contributed by atoms with E-state index < -0.39 is 36.3 Å². The van der Waals surface area contributed by atoms with E-state index in [0.29, 0.717) is 37.3 Å². The first-order valence-corrected chi connectivity index (χ1v) is 12.6. The van der Waals surface area contributed by atoms with Gasteiger partial charge in [0, 0.05) is 24.9 Å². The Morgan fingerprint density at radius 2 is 1.60 bits per heavy atom. The lowest BCUT2D eigenvalue weighted by Crippen LogP contribution is -2.44. The summed E-state index contributed by atoms with van der Waals surface area (Å²) in [6.45, 7) is 0.441. The van der Waals surface area contributed by atoms with E-state index in [1.54, 1.807) is 0 Å². The van der Waals surface area contributed by atoms with Crippen LogP contribution in [0.2, 0.25) is 0 Å². The SMILES string of the molecule is O=C(O)CC1CCN([C@H](CCC2CCCCC2)CCC(F)(F)F)[C@H](c2ccc(C(F)(F)F)cc2)C1. The molecule has 1 saturated heterocycles. The quantitative estimate of drug-likeness (QED) is 0.344. The molecule has 9 heteroatoms. The summed E-state index contributed by atoms with van der Waals surface area (Å²) in [5, 5.41) is 9.26. The number of benzene rings is 1. The molecule has 35 heavy (non-hydrogen) atoms. The van der Waals surface area contributed by atoms with Gasteiger partial charge in [-0.15, -0.1) is 0 Å². The maximum atomic E-state index is 13.2. The van der Waals surface area contributed by atoms with E-state index in [4.69, 9.17) is 0 Å². The maximum Gasteiger partial charge on any atom is 0.416 e. The van der Waals surface area contributed by atoms with Crippen molar-refractivity contribution in [3.05, 3.63) is 35.4 Å². The zero-order chi connectivity index (χ0) is 25.6. The van der Waals surface area contributed by atoms with Crippen LogP contribution in [-0.4, -0.2) is 34.7 Å². The number of aliphatic carboxylic acids is 1. The fourth-order valence-corrected chi connectivity index (χ4v) is 5.86. The Bertz CT molecular complexity index is 802. The van der Waals surface area contributed by atoms with Gasteiger partial charge in [0.25, 0.3) is 0 Å². The Morgan fingerprint density at radius 1 is 0.943 bits per heavy atom. The van der Waals surface area contributed by atoms with E-state index in [9.17, 15) is 36.2 Å². The molecule has 1 N–H and O–H groups in total. The van der Waals surface area contributed by atoms with Crippen LogP contribution in [-0.2, 0) is 11.0 Å². The van der Waals surface area contributed by atoms with Crippen LogP contribution < -0.4 is 0 Å². The summed E-state index contributed by atoms with van der Waals surface area (Å²) in [6, 6.07) is 4.04. The van der Waals surface area contributed by atoms with Crippen molar-refractivity contribution in [2.24, 2.45) is 11.8 Å². The third-order valence-electron chi connectivity index (χ3n) is 7.70. The Kier molecular flexibility index (Phi) is 9.52. The lowest BCUT2D eigenvalue weighted by Gasteiger charge is -2.45. The number of nitrogens with zero attached hydrogens (tertiary/aromatic N) is 1. The monoisotopic (exact) mass is 507 g/mol. The van der Waals surface area contributed by atoms with E-state index in [2.05, 4.69) is 0 Å². The normalized spacial score (nSPS) is 23.8. The highest BCUT2D eigenvalue weighted by Gasteiger charge is 2.38. The van der Waals surface area contributed by atoms with Crippen molar-refractivity contribution in [3.8, 4) is 0 Å². The number of likely N-dealkylation sites (tertiary alicyclic amines) is 1. The summed E-state index contributed by atoms with van der Waals surface area (Å²) in [6.07, 6.45) is -1.70. The molecule has 2 aliphatic rings. The van der Waals surface area contributed by atoms with Crippen LogP contribution >= 0.6 is 0 Å². The predicted octanol–water partition coefficient (Wildman–Crippen LogP) is 8.00. The van der Waals surface area contributed by atoms with Crippen LogP contribution in [0.5, 0.6) is 0 Å². The average Bonchev–Trinajstić information content (AvgIpc) is 2.78. The molecule has 3 atom stereocenters. The minimum absolute atomic E-state index is 0.0553. The molecule has 198 valence electrons. The molecule has 2 fully saturated rings. The lowest BCUT2D eigenvalue weighted by molar-refractivity contribution is -0.141. The maximum absolute atomic E-state index is 13.2. The zero-order valence-electron chi connectivity index (χ0n) is 19.9. The highest BCUT2D eigenvalue weighted by Crippen LogP contribution is 2.41. The van der Waals surface area contributed by atoms with E-state index in [1.165, 1.54) is 18.6 Å². The number of carboxylic acids is 1. The van der Waals surface area contributed by atoms with Crippen LogP contribution in [0.1, 0.15) is 94.2 Å². The van der Waals surface area contributed by atoms with Crippen molar-refractivity contribution < 1.29 is 36.2 Å².